The van der Waals surface area contributed by atoms with Crippen LogP contribution in [0.4, 0.5) is 0 Å². The number of phosphoric acid groups is 1. The first kappa shape index (κ1) is 59.5. The standard InChI is InChI=1S/C49H85O14P/c1-3-5-7-9-11-12-13-14-15-16-17-18-19-20-24-29-33-37-43(52)62-41(39-61-64(58,59)63-49-47(56)45(54)44(53)46(55)48(49)57)38-60-42(51)36-32-28-25-21-23-27-31-35-40(50)34-30-26-22-10-8-6-4-2/h14-15,21-22,25-27,30-31,34,40-41,44-50,53-57H,3-13,16-20,23-24,28-29,32-33,35-39H2,1-2H3,(H,58,59)/b15-14-,25-21+,26-22-,31-27-,34-30-/t40-,41-,44?,45-,46+,47-,48-,49?/m1/s1. The Morgan fingerprint density at radius 2 is 1.05 bits per heavy atom. The quantitative estimate of drug-likeness (QED) is 0.0101. The van der Waals surface area contributed by atoms with Crippen LogP contribution in [0.3, 0.4) is 0 Å². The van der Waals surface area contributed by atoms with E-state index in [1.807, 2.05) is 36.5 Å². The predicted octanol–water partition coefficient (Wildman–Crippen LogP) is 8.70. The van der Waals surface area contributed by atoms with Crippen LogP contribution in [0.5, 0.6) is 0 Å². The van der Waals surface area contributed by atoms with E-state index in [9.17, 15) is 49.7 Å². The topological polar surface area (TPSA) is 230 Å². The fraction of sp³-hybridized carbons (Fsp3) is 0.755. The van der Waals surface area contributed by atoms with E-state index >= 15 is 0 Å². The highest BCUT2D eigenvalue weighted by atomic mass is 31.2. The minimum atomic E-state index is -5.15. The molecule has 0 spiro atoms. The lowest BCUT2D eigenvalue weighted by Crippen LogP contribution is -2.64. The maximum atomic E-state index is 12.8. The van der Waals surface area contributed by atoms with Crippen LogP contribution < -0.4 is 0 Å². The highest BCUT2D eigenvalue weighted by Crippen LogP contribution is 2.47. The van der Waals surface area contributed by atoms with Crippen LogP contribution in [-0.4, -0.2) is 110 Å². The van der Waals surface area contributed by atoms with Gasteiger partial charge in [0.2, 0.25) is 0 Å². The van der Waals surface area contributed by atoms with E-state index < -0.39 is 81.8 Å². The zero-order chi connectivity index (χ0) is 47.3. The SMILES string of the molecule is CCCCC/C=C\C=C/[C@@H](O)C/C=C\C/C=C/CCCC(=O)OC[C@H](COP(=O)(O)OC1[C@H](O)[C@H](O)C(O)[C@H](O)[C@H]1O)OC(=O)CCCCCCCCC/C=C\CCCCCCCC. The van der Waals surface area contributed by atoms with Gasteiger partial charge in [-0.3, -0.25) is 18.6 Å². The van der Waals surface area contributed by atoms with Gasteiger partial charge in [0.05, 0.1) is 12.7 Å². The van der Waals surface area contributed by atoms with Crippen molar-refractivity contribution in [3.63, 3.8) is 0 Å². The predicted molar refractivity (Wildman–Crippen MR) is 250 cm³/mol. The van der Waals surface area contributed by atoms with Crippen LogP contribution in [0.25, 0.3) is 0 Å². The van der Waals surface area contributed by atoms with Gasteiger partial charge in [0, 0.05) is 12.8 Å². The second kappa shape index (κ2) is 38.6. The van der Waals surface area contributed by atoms with Crippen molar-refractivity contribution in [3.8, 4) is 0 Å². The molecule has 0 aromatic carbocycles. The molecule has 1 saturated carbocycles. The molecule has 64 heavy (non-hydrogen) atoms. The minimum absolute atomic E-state index is 0.0544. The van der Waals surface area contributed by atoms with Gasteiger partial charge in [0.25, 0.3) is 0 Å². The van der Waals surface area contributed by atoms with Crippen molar-refractivity contribution in [1.29, 1.82) is 0 Å². The molecule has 1 aliphatic carbocycles. The Kier molecular flexibility index (Phi) is 35.9. The van der Waals surface area contributed by atoms with Gasteiger partial charge in [0.15, 0.2) is 6.10 Å². The Hall–Kier alpha value is -2.49. The summed E-state index contributed by atoms with van der Waals surface area (Å²) in [5, 5.41) is 60.3. The van der Waals surface area contributed by atoms with Crippen LogP contribution in [-0.2, 0) is 32.7 Å². The van der Waals surface area contributed by atoms with Crippen LogP contribution in [0.2, 0.25) is 0 Å². The molecule has 0 aromatic rings. The third-order valence-corrected chi connectivity index (χ3v) is 11.9. The number of hydrogen-bond acceptors (Lipinski definition) is 13. The number of carbonyl (C=O) groups excluding carboxylic acids is 2. The number of rotatable bonds is 39. The van der Waals surface area contributed by atoms with E-state index in [-0.39, 0.29) is 12.8 Å². The number of carbonyl (C=O) groups is 2. The summed E-state index contributed by atoms with van der Waals surface area (Å²) in [4.78, 5) is 35.7. The van der Waals surface area contributed by atoms with Crippen LogP contribution in [0, 0.1) is 0 Å². The summed E-state index contributed by atoms with van der Waals surface area (Å²) in [7, 11) is -5.15. The fourth-order valence-corrected chi connectivity index (χ4v) is 7.91. The third-order valence-electron chi connectivity index (χ3n) is 10.9. The Morgan fingerprint density at radius 1 is 0.562 bits per heavy atom. The molecular formula is C49H85O14P. The van der Waals surface area contributed by atoms with Crippen LogP contribution in [0.1, 0.15) is 174 Å². The van der Waals surface area contributed by atoms with Crippen molar-refractivity contribution in [2.75, 3.05) is 13.2 Å². The van der Waals surface area contributed by atoms with Crippen molar-refractivity contribution in [2.24, 2.45) is 0 Å². The molecule has 1 rings (SSSR count). The number of esters is 2. The van der Waals surface area contributed by atoms with E-state index in [0.29, 0.717) is 32.1 Å². The minimum Gasteiger partial charge on any atom is -0.462 e. The Labute approximate surface area is 384 Å². The second-order valence-electron chi connectivity index (χ2n) is 16.8. The molecule has 0 amide bonds. The molecule has 1 fully saturated rings. The highest BCUT2D eigenvalue weighted by Gasteiger charge is 2.51. The molecule has 370 valence electrons. The van der Waals surface area contributed by atoms with Crippen LogP contribution in [0.15, 0.2) is 60.8 Å². The number of ether oxygens (including phenoxy) is 2. The van der Waals surface area contributed by atoms with Gasteiger partial charge in [-0.2, -0.15) is 0 Å². The van der Waals surface area contributed by atoms with Gasteiger partial charge >= 0.3 is 19.8 Å². The lowest BCUT2D eigenvalue weighted by atomic mass is 9.85. The molecule has 3 unspecified atom stereocenters. The van der Waals surface area contributed by atoms with Gasteiger partial charge in [-0.25, -0.2) is 4.57 Å². The van der Waals surface area contributed by atoms with Crippen molar-refractivity contribution in [2.45, 2.75) is 223 Å². The first-order valence-electron chi connectivity index (χ1n) is 24.2. The summed E-state index contributed by atoms with van der Waals surface area (Å²) in [5.74, 6) is -1.21. The molecule has 0 bridgehead atoms. The number of unbranched alkanes of at least 4 members (excludes halogenated alkanes) is 17. The van der Waals surface area contributed by atoms with Crippen molar-refractivity contribution in [3.05, 3.63) is 60.8 Å². The first-order valence-corrected chi connectivity index (χ1v) is 25.7. The largest absolute Gasteiger partial charge is 0.472 e. The molecule has 14 nitrogen and oxygen atoms in total. The van der Waals surface area contributed by atoms with Crippen molar-refractivity contribution < 1.29 is 68.2 Å². The zero-order valence-electron chi connectivity index (χ0n) is 38.9. The zero-order valence-corrected chi connectivity index (χ0v) is 39.8. The fourth-order valence-electron chi connectivity index (χ4n) is 6.94. The molecule has 0 aromatic heterocycles. The van der Waals surface area contributed by atoms with Crippen molar-refractivity contribution >= 4 is 19.8 Å². The highest BCUT2D eigenvalue weighted by molar-refractivity contribution is 7.47. The molecule has 1 aliphatic rings. The average molecular weight is 929 g/mol. The van der Waals surface area contributed by atoms with E-state index in [0.717, 1.165) is 57.8 Å². The van der Waals surface area contributed by atoms with E-state index in [1.54, 1.807) is 6.08 Å². The smallest absolute Gasteiger partial charge is 0.462 e. The molecule has 0 aliphatic heterocycles. The Bertz CT molecular complexity index is 1370. The molecule has 9 atom stereocenters. The Balaban J connectivity index is 2.51. The summed E-state index contributed by atoms with van der Waals surface area (Å²) in [5.41, 5.74) is 0. The Morgan fingerprint density at radius 3 is 1.69 bits per heavy atom. The summed E-state index contributed by atoms with van der Waals surface area (Å²) in [6.07, 6.45) is 30.1. The first-order chi connectivity index (χ1) is 30.8. The summed E-state index contributed by atoms with van der Waals surface area (Å²) in [6, 6.07) is 0. The van der Waals surface area contributed by atoms with E-state index in [1.165, 1.54) is 57.8 Å². The second-order valence-corrected chi connectivity index (χ2v) is 18.2. The van der Waals surface area contributed by atoms with Gasteiger partial charge < -0.3 is 45.0 Å². The lowest BCUT2D eigenvalue weighted by molar-refractivity contribution is -0.220. The lowest BCUT2D eigenvalue weighted by Gasteiger charge is -2.41. The van der Waals surface area contributed by atoms with Crippen molar-refractivity contribution in [1.82, 2.24) is 0 Å². The number of aliphatic hydroxyl groups is 6. The molecule has 0 heterocycles. The third kappa shape index (κ3) is 30.7. The molecule has 0 saturated heterocycles. The van der Waals surface area contributed by atoms with Crippen LogP contribution >= 0.6 is 7.82 Å². The summed E-state index contributed by atoms with van der Waals surface area (Å²) >= 11 is 0. The number of allylic oxidation sites excluding steroid dienone is 8. The number of aliphatic hydroxyl groups excluding tert-OH is 6. The molecule has 0 radical (unpaired) electrons. The van der Waals surface area contributed by atoms with Gasteiger partial charge in [-0.1, -0.05) is 152 Å². The summed E-state index contributed by atoms with van der Waals surface area (Å²) < 4.78 is 33.5. The van der Waals surface area contributed by atoms with Gasteiger partial charge in [-0.15, -0.1) is 0 Å². The number of hydrogen-bond donors (Lipinski definition) is 7. The van der Waals surface area contributed by atoms with E-state index in [4.69, 9.17) is 18.5 Å². The maximum absolute atomic E-state index is 12.8. The van der Waals surface area contributed by atoms with Gasteiger partial charge in [-0.05, 0) is 70.6 Å². The van der Waals surface area contributed by atoms with Gasteiger partial charge in [0.1, 0.15) is 43.2 Å². The normalized spacial score (nSPS) is 22.6. The molecule has 15 heteroatoms. The number of phosphoric ester groups is 1. The molecule has 7 N–H and O–H groups in total. The average Bonchev–Trinajstić information content (AvgIpc) is 3.27. The molecular weight excluding hydrogens is 843 g/mol. The summed E-state index contributed by atoms with van der Waals surface area (Å²) in [6.45, 7) is 3.14. The monoisotopic (exact) mass is 929 g/mol. The maximum Gasteiger partial charge on any atom is 0.472 e. The van der Waals surface area contributed by atoms with E-state index in [2.05, 4.69) is 32.1 Å².